The molecule has 1 amide bonds. The van der Waals surface area contributed by atoms with Crippen LogP contribution >= 0.6 is 15.9 Å². The number of nitrogens with zero attached hydrogens (tertiary/aromatic N) is 2. The van der Waals surface area contributed by atoms with Crippen molar-refractivity contribution in [2.45, 2.75) is 33.7 Å². The zero-order valence-corrected chi connectivity index (χ0v) is 14.1. The van der Waals surface area contributed by atoms with E-state index in [1.54, 1.807) is 10.9 Å². The van der Waals surface area contributed by atoms with Crippen molar-refractivity contribution >= 4 is 27.7 Å². The Morgan fingerprint density at radius 3 is 2.67 bits per heavy atom. The van der Waals surface area contributed by atoms with Crippen molar-refractivity contribution in [3.8, 4) is 0 Å². The summed E-state index contributed by atoms with van der Waals surface area (Å²) in [5, 5.41) is 7.22. The molecule has 0 saturated heterocycles. The Morgan fingerprint density at radius 2 is 2.00 bits per heavy atom. The molecule has 0 atom stereocenters. The predicted octanol–water partition coefficient (Wildman–Crippen LogP) is 4.07. The third-order valence-electron chi connectivity index (χ3n) is 2.95. The summed E-state index contributed by atoms with van der Waals surface area (Å²) in [6, 6.07) is 9.81. The molecule has 5 heteroatoms. The van der Waals surface area contributed by atoms with E-state index in [1.807, 2.05) is 51.1 Å². The fraction of sp³-hybridized carbons (Fsp3) is 0.375. The largest absolute Gasteiger partial charge is 0.311 e. The Balaban J connectivity index is 2.09. The van der Waals surface area contributed by atoms with Gasteiger partial charge < -0.3 is 5.32 Å². The highest BCUT2D eigenvalue weighted by molar-refractivity contribution is 9.10. The molecule has 4 nitrogen and oxygen atoms in total. The van der Waals surface area contributed by atoms with E-state index in [1.165, 1.54) is 0 Å². The fourth-order valence-electron chi connectivity index (χ4n) is 2.02. The molecule has 0 aliphatic carbocycles. The molecule has 1 aromatic carbocycles. The SMILES string of the molecule is CC(C)(C)CC(=O)Nc1ccnn1Cc1ccccc1Br. The van der Waals surface area contributed by atoms with E-state index in [9.17, 15) is 4.79 Å². The van der Waals surface area contributed by atoms with Gasteiger partial charge in [-0.2, -0.15) is 5.10 Å². The number of amides is 1. The zero-order chi connectivity index (χ0) is 15.5. The number of halogens is 1. The van der Waals surface area contributed by atoms with Crippen molar-refractivity contribution in [2.24, 2.45) is 5.41 Å². The number of carbonyl (C=O) groups is 1. The summed E-state index contributed by atoms with van der Waals surface area (Å²) in [5.74, 6) is 0.733. The van der Waals surface area contributed by atoms with Crippen molar-refractivity contribution in [1.82, 2.24) is 9.78 Å². The molecule has 0 spiro atoms. The number of nitrogens with one attached hydrogen (secondary N) is 1. The van der Waals surface area contributed by atoms with Crippen molar-refractivity contribution in [1.29, 1.82) is 0 Å². The third kappa shape index (κ3) is 4.70. The topological polar surface area (TPSA) is 46.9 Å². The molecule has 0 saturated carbocycles. The van der Waals surface area contributed by atoms with Crippen LogP contribution in [0.25, 0.3) is 0 Å². The number of rotatable bonds is 4. The summed E-state index contributed by atoms with van der Waals surface area (Å²) in [6.45, 7) is 6.75. The zero-order valence-electron chi connectivity index (χ0n) is 12.6. The van der Waals surface area contributed by atoms with Crippen LogP contribution in [0.5, 0.6) is 0 Å². The lowest BCUT2D eigenvalue weighted by molar-refractivity contribution is -0.117. The minimum absolute atomic E-state index is 0.0105. The summed E-state index contributed by atoms with van der Waals surface area (Å²) in [4.78, 5) is 12.0. The van der Waals surface area contributed by atoms with Crippen molar-refractivity contribution in [2.75, 3.05) is 5.32 Å². The third-order valence-corrected chi connectivity index (χ3v) is 3.73. The molecule has 2 aromatic rings. The average molecular weight is 350 g/mol. The number of carbonyl (C=O) groups excluding carboxylic acids is 1. The molecule has 1 N–H and O–H groups in total. The monoisotopic (exact) mass is 349 g/mol. The predicted molar refractivity (Wildman–Crippen MR) is 88.2 cm³/mol. The Labute approximate surface area is 133 Å². The average Bonchev–Trinajstić information content (AvgIpc) is 2.77. The van der Waals surface area contributed by atoms with Crippen LogP contribution in [0.4, 0.5) is 5.82 Å². The number of anilines is 1. The fourth-order valence-corrected chi connectivity index (χ4v) is 2.43. The summed E-state index contributed by atoms with van der Waals surface area (Å²) < 4.78 is 2.83. The van der Waals surface area contributed by atoms with Crippen molar-refractivity contribution in [3.63, 3.8) is 0 Å². The van der Waals surface area contributed by atoms with E-state index < -0.39 is 0 Å². The van der Waals surface area contributed by atoms with Crippen LogP contribution in [0.3, 0.4) is 0 Å². The second-order valence-corrected chi connectivity index (χ2v) is 7.11. The molecule has 0 bridgehead atoms. The molecule has 0 radical (unpaired) electrons. The van der Waals surface area contributed by atoms with Gasteiger partial charge in [0, 0.05) is 17.0 Å². The normalized spacial score (nSPS) is 11.4. The quantitative estimate of drug-likeness (QED) is 0.904. The smallest absolute Gasteiger partial charge is 0.226 e. The lowest BCUT2D eigenvalue weighted by Gasteiger charge is -2.17. The van der Waals surface area contributed by atoms with Gasteiger partial charge in [-0.3, -0.25) is 4.79 Å². The van der Waals surface area contributed by atoms with E-state index in [0.717, 1.165) is 15.9 Å². The van der Waals surface area contributed by atoms with Crippen molar-refractivity contribution in [3.05, 3.63) is 46.6 Å². The van der Waals surface area contributed by atoms with Gasteiger partial charge in [0.2, 0.25) is 5.91 Å². The summed E-state index contributed by atoms with van der Waals surface area (Å²) in [7, 11) is 0. The maximum Gasteiger partial charge on any atom is 0.226 e. The van der Waals surface area contributed by atoms with Gasteiger partial charge in [-0.25, -0.2) is 4.68 Å². The highest BCUT2D eigenvalue weighted by Crippen LogP contribution is 2.21. The maximum atomic E-state index is 12.0. The standard InChI is InChI=1S/C16H20BrN3O/c1-16(2,3)10-15(21)19-14-8-9-18-20(14)11-12-6-4-5-7-13(12)17/h4-9H,10-11H2,1-3H3,(H,19,21). The van der Waals surface area contributed by atoms with Crippen LogP contribution in [0.2, 0.25) is 0 Å². The number of hydrogen-bond donors (Lipinski definition) is 1. The van der Waals surface area contributed by atoms with Gasteiger partial charge >= 0.3 is 0 Å². The van der Waals surface area contributed by atoms with Gasteiger partial charge in [-0.1, -0.05) is 54.9 Å². The van der Waals surface area contributed by atoms with Crippen LogP contribution in [0.1, 0.15) is 32.8 Å². The highest BCUT2D eigenvalue weighted by atomic mass is 79.9. The van der Waals surface area contributed by atoms with Crippen LogP contribution < -0.4 is 5.32 Å². The Kier molecular flexibility index (Phi) is 4.83. The van der Waals surface area contributed by atoms with E-state index in [2.05, 4.69) is 26.3 Å². The van der Waals surface area contributed by atoms with Crippen LogP contribution in [-0.2, 0) is 11.3 Å². The van der Waals surface area contributed by atoms with Gasteiger partial charge in [0.25, 0.3) is 0 Å². The van der Waals surface area contributed by atoms with E-state index >= 15 is 0 Å². The molecule has 1 heterocycles. The Morgan fingerprint density at radius 1 is 1.29 bits per heavy atom. The molecule has 0 unspecified atom stereocenters. The first-order valence-corrected chi connectivity index (χ1v) is 7.69. The van der Waals surface area contributed by atoms with Crippen LogP contribution in [0.15, 0.2) is 41.0 Å². The van der Waals surface area contributed by atoms with Crippen LogP contribution in [-0.4, -0.2) is 15.7 Å². The van der Waals surface area contributed by atoms with Gasteiger partial charge in [-0.05, 0) is 17.0 Å². The molecule has 2 rings (SSSR count). The van der Waals surface area contributed by atoms with E-state index in [-0.39, 0.29) is 11.3 Å². The molecular weight excluding hydrogens is 330 g/mol. The second kappa shape index (κ2) is 6.43. The summed E-state index contributed by atoms with van der Waals surface area (Å²) in [6.07, 6.45) is 2.18. The molecule has 0 aliphatic heterocycles. The number of aromatic nitrogens is 2. The molecule has 0 aliphatic rings. The molecule has 0 fully saturated rings. The first kappa shape index (κ1) is 15.8. The Bertz CT molecular complexity index is 628. The molecule has 21 heavy (non-hydrogen) atoms. The van der Waals surface area contributed by atoms with Gasteiger partial charge in [0.15, 0.2) is 0 Å². The van der Waals surface area contributed by atoms with E-state index in [4.69, 9.17) is 0 Å². The second-order valence-electron chi connectivity index (χ2n) is 6.25. The molecule has 1 aromatic heterocycles. The van der Waals surface area contributed by atoms with Gasteiger partial charge in [0.1, 0.15) is 5.82 Å². The minimum atomic E-state index is -0.0304. The first-order chi connectivity index (χ1) is 9.85. The van der Waals surface area contributed by atoms with E-state index in [0.29, 0.717) is 13.0 Å². The molecule has 112 valence electrons. The Hall–Kier alpha value is -1.62. The lowest BCUT2D eigenvalue weighted by atomic mass is 9.92. The number of benzene rings is 1. The van der Waals surface area contributed by atoms with Gasteiger partial charge in [-0.15, -0.1) is 0 Å². The summed E-state index contributed by atoms with van der Waals surface area (Å²) >= 11 is 3.53. The van der Waals surface area contributed by atoms with Crippen molar-refractivity contribution < 1.29 is 4.79 Å². The van der Waals surface area contributed by atoms with Crippen LogP contribution in [0, 0.1) is 5.41 Å². The highest BCUT2D eigenvalue weighted by Gasteiger charge is 2.17. The molecular formula is C16H20BrN3O. The summed E-state index contributed by atoms with van der Waals surface area (Å²) in [5.41, 5.74) is 1.09. The number of hydrogen-bond acceptors (Lipinski definition) is 2. The lowest BCUT2D eigenvalue weighted by Crippen LogP contribution is -2.21. The minimum Gasteiger partial charge on any atom is -0.311 e. The maximum absolute atomic E-state index is 12.0. The van der Waals surface area contributed by atoms with Gasteiger partial charge in [0.05, 0.1) is 12.7 Å². The first-order valence-electron chi connectivity index (χ1n) is 6.90.